The van der Waals surface area contributed by atoms with E-state index >= 15 is 0 Å². The molecule has 5 nitrogen and oxygen atoms in total. The van der Waals surface area contributed by atoms with E-state index in [1.165, 1.54) is 19.1 Å². The van der Waals surface area contributed by atoms with Gasteiger partial charge in [-0.3, -0.25) is 9.59 Å². The zero-order chi connectivity index (χ0) is 16.8. The Morgan fingerprint density at radius 3 is 2.38 bits per heavy atom. The minimum atomic E-state index is -0.366. The smallest absolute Gasteiger partial charge is 0.291 e. The zero-order valence-electron chi connectivity index (χ0n) is 13.6. The molecule has 0 atom stereocenters. The van der Waals surface area contributed by atoms with Crippen molar-refractivity contribution in [2.45, 2.75) is 44.6 Å². The summed E-state index contributed by atoms with van der Waals surface area (Å²) in [6.45, 7) is 0. The molecule has 3 rings (SSSR count). The predicted octanol–water partition coefficient (Wildman–Crippen LogP) is 3.98. The molecule has 126 valence electrons. The fraction of sp³-hybridized carbons (Fsp3) is 0.368. The van der Waals surface area contributed by atoms with Crippen molar-refractivity contribution in [3.8, 4) is 0 Å². The third-order valence-corrected chi connectivity index (χ3v) is 4.36. The predicted molar refractivity (Wildman–Crippen MR) is 92.1 cm³/mol. The number of benzene rings is 1. The second-order valence-corrected chi connectivity index (χ2v) is 6.14. The Kier molecular flexibility index (Phi) is 5.31. The van der Waals surface area contributed by atoms with Crippen molar-refractivity contribution in [2.24, 2.45) is 0 Å². The first-order valence-corrected chi connectivity index (χ1v) is 8.49. The first-order valence-electron chi connectivity index (χ1n) is 8.49. The summed E-state index contributed by atoms with van der Waals surface area (Å²) in [5.74, 6) is -0.291. The van der Waals surface area contributed by atoms with Gasteiger partial charge in [0.05, 0.1) is 17.5 Å². The topological polar surface area (TPSA) is 71.3 Å². The van der Waals surface area contributed by atoms with Crippen LogP contribution in [0.5, 0.6) is 0 Å². The quantitative estimate of drug-likeness (QED) is 0.835. The summed E-state index contributed by atoms with van der Waals surface area (Å²) in [5.41, 5.74) is 0.965. The number of amides is 2. The van der Waals surface area contributed by atoms with Gasteiger partial charge in [0.2, 0.25) is 0 Å². The van der Waals surface area contributed by atoms with Gasteiger partial charge in [0.25, 0.3) is 11.8 Å². The Balaban J connectivity index is 1.70. The normalized spacial score (nSPS) is 15.5. The van der Waals surface area contributed by atoms with Crippen molar-refractivity contribution < 1.29 is 14.0 Å². The average molecular weight is 326 g/mol. The number of rotatable bonds is 4. The number of carbonyl (C=O) groups is 2. The monoisotopic (exact) mass is 326 g/mol. The van der Waals surface area contributed by atoms with E-state index in [9.17, 15) is 9.59 Å². The highest BCUT2D eigenvalue weighted by Crippen LogP contribution is 2.20. The Morgan fingerprint density at radius 2 is 1.67 bits per heavy atom. The molecule has 0 unspecified atom stereocenters. The lowest BCUT2D eigenvalue weighted by atomic mass is 10.1. The lowest BCUT2D eigenvalue weighted by molar-refractivity contribution is 0.0934. The SMILES string of the molecule is O=C(Nc1ccccc1C(=O)NC1CCCCCC1)c1ccco1. The van der Waals surface area contributed by atoms with Gasteiger partial charge in [0.1, 0.15) is 0 Å². The largest absolute Gasteiger partial charge is 0.459 e. The van der Waals surface area contributed by atoms with Gasteiger partial charge in [-0.1, -0.05) is 37.8 Å². The van der Waals surface area contributed by atoms with Crippen LogP contribution in [0.1, 0.15) is 59.4 Å². The van der Waals surface area contributed by atoms with Crippen LogP contribution in [-0.2, 0) is 0 Å². The number of anilines is 1. The van der Waals surface area contributed by atoms with Gasteiger partial charge in [-0.2, -0.15) is 0 Å². The van der Waals surface area contributed by atoms with Crippen molar-refractivity contribution in [1.29, 1.82) is 0 Å². The Morgan fingerprint density at radius 1 is 0.917 bits per heavy atom. The van der Waals surface area contributed by atoms with E-state index < -0.39 is 0 Å². The van der Waals surface area contributed by atoms with E-state index in [2.05, 4.69) is 10.6 Å². The second-order valence-electron chi connectivity index (χ2n) is 6.14. The summed E-state index contributed by atoms with van der Waals surface area (Å²) in [4.78, 5) is 24.8. The third-order valence-electron chi connectivity index (χ3n) is 4.36. The molecule has 24 heavy (non-hydrogen) atoms. The summed E-state index contributed by atoms with van der Waals surface area (Å²) in [7, 11) is 0. The third kappa shape index (κ3) is 4.04. The van der Waals surface area contributed by atoms with E-state index in [1.54, 1.807) is 36.4 Å². The van der Waals surface area contributed by atoms with Crippen LogP contribution in [0, 0.1) is 0 Å². The maximum absolute atomic E-state index is 12.6. The number of nitrogens with one attached hydrogen (secondary N) is 2. The zero-order valence-corrected chi connectivity index (χ0v) is 13.6. The number of furan rings is 1. The van der Waals surface area contributed by atoms with Gasteiger partial charge in [-0.25, -0.2) is 0 Å². The fourth-order valence-electron chi connectivity index (χ4n) is 3.07. The number of hydrogen-bond acceptors (Lipinski definition) is 3. The van der Waals surface area contributed by atoms with Crippen molar-refractivity contribution in [2.75, 3.05) is 5.32 Å². The minimum absolute atomic E-state index is 0.141. The van der Waals surface area contributed by atoms with Crippen LogP contribution in [0.4, 0.5) is 5.69 Å². The van der Waals surface area contributed by atoms with Gasteiger partial charge in [-0.05, 0) is 37.1 Å². The van der Waals surface area contributed by atoms with E-state index in [4.69, 9.17) is 4.42 Å². The highest BCUT2D eigenvalue weighted by atomic mass is 16.3. The number of carbonyl (C=O) groups excluding carboxylic acids is 2. The fourth-order valence-corrected chi connectivity index (χ4v) is 3.07. The van der Waals surface area contributed by atoms with Crippen LogP contribution in [0.3, 0.4) is 0 Å². The van der Waals surface area contributed by atoms with Gasteiger partial charge < -0.3 is 15.1 Å². The molecular formula is C19H22N2O3. The first-order chi connectivity index (χ1) is 11.7. The molecule has 0 bridgehead atoms. The molecule has 0 saturated heterocycles. The minimum Gasteiger partial charge on any atom is -0.459 e. The molecule has 2 aromatic rings. The molecule has 1 heterocycles. The van der Waals surface area contributed by atoms with Gasteiger partial charge in [-0.15, -0.1) is 0 Å². The number of para-hydroxylation sites is 1. The first kappa shape index (κ1) is 16.3. The maximum atomic E-state index is 12.6. The summed E-state index contributed by atoms with van der Waals surface area (Å²) >= 11 is 0. The highest BCUT2D eigenvalue weighted by Gasteiger charge is 2.19. The lowest BCUT2D eigenvalue weighted by Crippen LogP contribution is -2.35. The standard InChI is InChI=1S/C19H22N2O3/c22-18(20-14-8-3-1-2-4-9-14)15-10-5-6-11-16(15)21-19(23)17-12-7-13-24-17/h5-7,10-14H,1-4,8-9H2,(H,20,22)(H,21,23). The van der Waals surface area contributed by atoms with Crippen molar-refractivity contribution >= 4 is 17.5 Å². The van der Waals surface area contributed by atoms with Gasteiger partial charge >= 0.3 is 0 Å². The molecule has 1 fully saturated rings. The summed E-state index contributed by atoms with van der Waals surface area (Å²) in [6.07, 6.45) is 8.27. The average Bonchev–Trinajstić information content (AvgIpc) is 3.01. The molecule has 1 aromatic carbocycles. The van der Waals surface area contributed by atoms with Gasteiger partial charge in [0.15, 0.2) is 5.76 Å². The van der Waals surface area contributed by atoms with Crippen molar-refractivity contribution in [3.05, 3.63) is 54.0 Å². The summed E-state index contributed by atoms with van der Waals surface area (Å²) in [5, 5.41) is 5.86. The molecule has 0 radical (unpaired) electrons. The molecular weight excluding hydrogens is 304 g/mol. The van der Waals surface area contributed by atoms with Crippen molar-refractivity contribution in [3.63, 3.8) is 0 Å². The van der Waals surface area contributed by atoms with E-state index in [0.717, 1.165) is 25.7 Å². The van der Waals surface area contributed by atoms with Crippen LogP contribution in [0.25, 0.3) is 0 Å². The van der Waals surface area contributed by atoms with E-state index in [-0.39, 0.29) is 23.6 Å². The van der Waals surface area contributed by atoms with Gasteiger partial charge in [0, 0.05) is 6.04 Å². The molecule has 1 saturated carbocycles. The highest BCUT2D eigenvalue weighted by molar-refractivity contribution is 6.07. The Labute approximate surface area is 141 Å². The molecule has 2 N–H and O–H groups in total. The Bertz CT molecular complexity index is 686. The lowest BCUT2D eigenvalue weighted by Gasteiger charge is -2.17. The molecule has 1 aliphatic rings. The van der Waals surface area contributed by atoms with E-state index in [1.807, 2.05) is 0 Å². The van der Waals surface area contributed by atoms with Crippen LogP contribution in [-0.4, -0.2) is 17.9 Å². The molecule has 0 aliphatic heterocycles. The molecule has 2 amide bonds. The molecule has 1 aliphatic carbocycles. The Hall–Kier alpha value is -2.56. The summed E-state index contributed by atoms with van der Waals surface area (Å²) < 4.78 is 5.09. The van der Waals surface area contributed by atoms with Crippen molar-refractivity contribution in [1.82, 2.24) is 5.32 Å². The van der Waals surface area contributed by atoms with Crippen LogP contribution in [0.15, 0.2) is 47.1 Å². The number of hydrogen-bond donors (Lipinski definition) is 2. The molecule has 5 heteroatoms. The maximum Gasteiger partial charge on any atom is 0.291 e. The molecule has 1 aromatic heterocycles. The van der Waals surface area contributed by atoms with Crippen LogP contribution in [0.2, 0.25) is 0 Å². The van der Waals surface area contributed by atoms with Crippen LogP contribution >= 0.6 is 0 Å². The van der Waals surface area contributed by atoms with Crippen LogP contribution < -0.4 is 10.6 Å². The second kappa shape index (κ2) is 7.81. The van der Waals surface area contributed by atoms with E-state index in [0.29, 0.717) is 11.3 Å². The summed E-state index contributed by atoms with van der Waals surface area (Å²) in [6, 6.07) is 10.5. The molecule has 0 spiro atoms.